The van der Waals surface area contributed by atoms with Crippen LogP contribution < -0.4 is 4.90 Å². The molecule has 0 aliphatic carbocycles. The van der Waals surface area contributed by atoms with Gasteiger partial charge in [-0.1, -0.05) is 0 Å². The van der Waals surface area contributed by atoms with E-state index in [9.17, 15) is 9.59 Å². The van der Waals surface area contributed by atoms with Gasteiger partial charge in [0.15, 0.2) is 0 Å². The number of rotatable bonds is 4. The average Bonchev–Trinajstić information content (AvgIpc) is 2.97. The van der Waals surface area contributed by atoms with Crippen LogP contribution in [-0.2, 0) is 11.3 Å². The van der Waals surface area contributed by atoms with Gasteiger partial charge in [0.2, 0.25) is 5.91 Å². The molecular weight excluding hydrogens is 268 g/mol. The maximum atomic E-state index is 12.0. The second-order valence-electron chi connectivity index (χ2n) is 3.91. The Morgan fingerprint density at radius 1 is 1.53 bits per heavy atom. The molecule has 0 unspecified atom stereocenters. The molecule has 1 N–H and O–H groups in total. The number of amides is 1. The van der Waals surface area contributed by atoms with Crippen LogP contribution in [0.5, 0.6) is 0 Å². The van der Waals surface area contributed by atoms with Crippen LogP contribution in [0.4, 0.5) is 5.00 Å². The van der Waals surface area contributed by atoms with E-state index in [0.29, 0.717) is 10.7 Å². The van der Waals surface area contributed by atoms with E-state index in [1.165, 1.54) is 16.6 Å². The minimum absolute atomic E-state index is 0.0551. The van der Waals surface area contributed by atoms with Crippen LogP contribution in [0.1, 0.15) is 16.1 Å². The first-order valence-electron chi connectivity index (χ1n) is 5.44. The van der Waals surface area contributed by atoms with Crippen molar-refractivity contribution < 1.29 is 14.7 Å². The van der Waals surface area contributed by atoms with Crippen LogP contribution in [0.2, 0.25) is 0 Å². The van der Waals surface area contributed by atoms with Crippen LogP contribution in [0.15, 0.2) is 18.5 Å². The van der Waals surface area contributed by atoms with E-state index < -0.39 is 5.97 Å². The molecular formula is C11H12N4O3S. The van der Waals surface area contributed by atoms with E-state index >= 15 is 0 Å². The molecule has 0 spiro atoms. The monoisotopic (exact) mass is 280 g/mol. The largest absolute Gasteiger partial charge is 0.478 e. The predicted octanol–water partition coefficient (Wildman–Crippen LogP) is 1.01. The molecule has 0 aliphatic rings. The standard InChI is InChI=1S/C11H12N4O3S/c1-7-9(11(17)18)10(19-13-7)14(2)8(16)6-15-5-3-4-12-15/h3-5H,6H2,1-2H3,(H,17,18). The van der Waals surface area contributed by atoms with Crippen molar-refractivity contribution in [2.45, 2.75) is 13.5 Å². The summed E-state index contributed by atoms with van der Waals surface area (Å²) < 4.78 is 5.46. The van der Waals surface area contributed by atoms with Crippen molar-refractivity contribution in [2.75, 3.05) is 11.9 Å². The van der Waals surface area contributed by atoms with Gasteiger partial charge in [0.1, 0.15) is 17.1 Å². The highest BCUT2D eigenvalue weighted by molar-refractivity contribution is 7.11. The third-order valence-electron chi connectivity index (χ3n) is 2.59. The van der Waals surface area contributed by atoms with Gasteiger partial charge in [-0.05, 0) is 24.5 Å². The number of nitrogens with zero attached hydrogens (tertiary/aromatic N) is 4. The molecule has 7 nitrogen and oxygen atoms in total. The van der Waals surface area contributed by atoms with Gasteiger partial charge >= 0.3 is 5.97 Å². The lowest BCUT2D eigenvalue weighted by molar-refractivity contribution is -0.119. The lowest BCUT2D eigenvalue weighted by Gasteiger charge is -2.15. The molecule has 2 aromatic rings. The smallest absolute Gasteiger partial charge is 0.340 e. The number of carboxylic acids is 1. The second-order valence-corrected chi connectivity index (χ2v) is 4.66. The van der Waals surface area contributed by atoms with Crippen molar-refractivity contribution in [1.29, 1.82) is 0 Å². The van der Waals surface area contributed by atoms with Crippen LogP contribution in [0.25, 0.3) is 0 Å². The summed E-state index contributed by atoms with van der Waals surface area (Å²) in [4.78, 5) is 24.5. The second kappa shape index (κ2) is 5.19. The molecule has 0 aromatic carbocycles. The Hall–Kier alpha value is -2.22. The number of hydrogen-bond acceptors (Lipinski definition) is 5. The summed E-state index contributed by atoms with van der Waals surface area (Å²) >= 11 is 0.998. The molecule has 2 heterocycles. The quantitative estimate of drug-likeness (QED) is 0.903. The lowest BCUT2D eigenvalue weighted by Crippen LogP contribution is -2.30. The molecule has 0 atom stereocenters. The summed E-state index contributed by atoms with van der Waals surface area (Å²) in [5.74, 6) is -1.34. The zero-order valence-electron chi connectivity index (χ0n) is 10.4. The molecule has 100 valence electrons. The number of carboxylic acid groups (broad SMARTS) is 1. The molecule has 0 aliphatic heterocycles. The Balaban J connectivity index is 2.22. The molecule has 0 bridgehead atoms. The fourth-order valence-electron chi connectivity index (χ4n) is 1.58. The number of anilines is 1. The summed E-state index contributed by atoms with van der Waals surface area (Å²) in [6, 6.07) is 1.72. The first-order valence-corrected chi connectivity index (χ1v) is 6.21. The molecule has 8 heteroatoms. The molecule has 0 saturated carbocycles. The van der Waals surface area contributed by atoms with E-state index in [2.05, 4.69) is 9.47 Å². The van der Waals surface area contributed by atoms with Crippen molar-refractivity contribution in [1.82, 2.24) is 14.2 Å². The number of hydrogen-bond donors (Lipinski definition) is 1. The Morgan fingerprint density at radius 3 is 2.84 bits per heavy atom. The molecule has 1 amide bonds. The molecule has 0 fully saturated rings. The van der Waals surface area contributed by atoms with Crippen LogP contribution in [0.3, 0.4) is 0 Å². The van der Waals surface area contributed by atoms with Crippen molar-refractivity contribution >= 4 is 28.4 Å². The SMILES string of the molecule is Cc1nsc(N(C)C(=O)Cn2cccn2)c1C(=O)O. The van der Waals surface area contributed by atoms with Gasteiger partial charge in [-0.3, -0.25) is 9.48 Å². The van der Waals surface area contributed by atoms with E-state index in [1.807, 2.05) is 0 Å². The average molecular weight is 280 g/mol. The summed E-state index contributed by atoms with van der Waals surface area (Å²) in [7, 11) is 1.53. The van der Waals surface area contributed by atoms with Crippen molar-refractivity contribution in [3.63, 3.8) is 0 Å². The maximum absolute atomic E-state index is 12.0. The van der Waals surface area contributed by atoms with Crippen molar-refractivity contribution in [2.24, 2.45) is 0 Å². The van der Waals surface area contributed by atoms with Crippen molar-refractivity contribution in [3.05, 3.63) is 29.7 Å². The number of aromatic carboxylic acids is 1. The summed E-state index contributed by atoms with van der Waals surface area (Å²) in [6.45, 7) is 1.66. The van der Waals surface area contributed by atoms with E-state index in [-0.39, 0.29) is 18.0 Å². The molecule has 2 aromatic heterocycles. The highest BCUT2D eigenvalue weighted by Gasteiger charge is 2.23. The molecule has 2 rings (SSSR count). The predicted molar refractivity (Wildman–Crippen MR) is 69.4 cm³/mol. The highest BCUT2D eigenvalue weighted by atomic mass is 32.1. The summed E-state index contributed by atoms with van der Waals surface area (Å²) in [6.07, 6.45) is 3.24. The Kier molecular flexibility index (Phi) is 3.61. The van der Waals surface area contributed by atoms with E-state index in [0.717, 1.165) is 11.5 Å². The zero-order chi connectivity index (χ0) is 14.0. The summed E-state index contributed by atoms with van der Waals surface area (Å²) in [5.41, 5.74) is 0.479. The third kappa shape index (κ3) is 2.63. The van der Waals surface area contributed by atoms with Crippen LogP contribution in [-0.4, -0.2) is 38.2 Å². The van der Waals surface area contributed by atoms with Gasteiger partial charge in [-0.15, -0.1) is 0 Å². The first-order chi connectivity index (χ1) is 9.00. The van der Waals surface area contributed by atoms with Gasteiger partial charge in [-0.2, -0.15) is 9.47 Å². The Bertz CT molecular complexity index is 605. The van der Waals surface area contributed by atoms with Gasteiger partial charge < -0.3 is 10.0 Å². The van der Waals surface area contributed by atoms with Crippen molar-refractivity contribution in [3.8, 4) is 0 Å². The fraction of sp³-hybridized carbons (Fsp3) is 0.273. The topological polar surface area (TPSA) is 88.3 Å². The van der Waals surface area contributed by atoms with Gasteiger partial charge in [-0.25, -0.2) is 4.79 Å². The number of aromatic nitrogens is 3. The fourth-order valence-corrected chi connectivity index (χ4v) is 2.45. The molecule has 0 saturated heterocycles. The maximum Gasteiger partial charge on any atom is 0.340 e. The third-order valence-corrected chi connectivity index (χ3v) is 3.61. The first kappa shape index (κ1) is 13.2. The normalized spacial score (nSPS) is 10.4. The molecule has 19 heavy (non-hydrogen) atoms. The highest BCUT2D eigenvalue weighted by Crippen LogP contribution is 2.27. The lowest BCUT2D eigenvalue weighted by atomic mass is 10.2. The summed E-state index contributed by atoms with van der Waals surface area (Å²) in [5, 5.41) is 13.4. The van der Waals surface area contributed by atoms with Crippen LogP contribution in [0, 0.1) is 6.92 Å². The minimum atomic E-state index is -1.08. The van der Waals surface area contributed by atoms with Gasteiger partial charge in [0, 0.05) is 19.4 Å². The van der Waals surface area contributed by atoms with Crippen LogP contribution >= 0.6 is 11.5 Å². The van der Waals surface area contributed by atoms with E-state index in [4.69, 9.17) is 5.11 Å². The number of carbonyl (C=O) groups excluding carboxylic acids is 1. The number of carbonyl (C=O) groups is 2. The number of aryl methyl sites for hydroxylation is 1. The number of likely N-dealkylation sites (N-methyl/N-ethyl adjacent to an activating group) is 1. The van der Waals surface area contributed by atoms with Gasteiger partial charge in [0.25, 0.3) is 0 Å². The van der Waals surface area contributed by atoms with E-state index in [1.54, 1.807) is 25.4 Å². The minimum Gasteiger partial charge on any atom is -0.478 e. The van der Waals surface area contributed by atoms with Gasteiger partial charge in [0.05, 0.1) is 5.69 Å². The Morgan fingerprint density at radius 2 is 2.26 bits per heavy atom. The zero-order valence-corrected chi connectivity index (χ0v) is 11.2. The molecule has 0 radical (unpaired) electrons. The Labute approximate surface area is 113 Å².